The number of nitrogens with zero attached hydrogens (tertiary/aromatic N) is 2. The van der Waals surface area contributed by atoms with E-state index in [0.29, 0.717) is 18.6 Å². The van der Waals surface area contributed by atoms with Crippen molar-refractivity contribution in [2.24, 2.45) is 0 Å². The second-order valence-electron chi connectivity index (χ2n) is 5.95. The molecule has 1 fully saturated rings. The highest BCUT2D eigenvalue weighted by atomic mass is 32.1. The van der Waals surface area contributed by atoms with E-state index >= 15 is 0 Å². The van der Waals surface area contributed by atoms with Gasteiger partial charge in [-0.05, 0) is 49.9 Å². The van der Waals surface area contributed by atoms with Crippen molar-refractivity contribution in [3.05, 3.63) is 46.4 Å². The summed E-state index contributed by atoms with van der Waals surface area (Å²) < 4.78 is 5.68. The normalized spacial score (nSPS) is 17.7. The molecule has 24 heavy (non-hydrogen) atoms. The number of ether oxygens (including phenoxy) is 1. The molecular formula is C18H22N2O3S. The molecule has 128 valence electrons. The maximum Gasteiger partial charge on any atom is 0.254 e. The molecule has 0 radical (unpaired) electrons. The van der Waals surface area contributed by atoms with Gasteiger partial charge in [-0.2, -0.15) is 0 Å². The molecular weight excluding hydrogens is 324 g/mol. The van der Waals surface area contributed by atoms with Crippen LogP contribution in [0, 0.1) is 0 Å². The van der Waals surface area contributed by atoms with E-state index in [1.165, 1.54) is 0 Å². The molecule has 1 amide bonds. The van der Waals surface area contributed by atoms with Crippen molar-refractivity contribution in [2.75, 3.05) is 13.2 Å². The standard InChI is InChI=1S/C18H22N2O3S/c21-10-8-16-3-1-2-9-20(16)18(22)14-4-6-17(7-5-14)23-11-15-12-24-13-19-15/h4-7,12-13,16,21H,1-3,8-11H2. The molecule has 1 aliphatic heterocycles. The van der Waals surface area contributed by atoms with Crippen LogP contribution in [0.2, 0.25) is 0 Å². The van der Waals surface area contributed by atoms with E-state index in [0.717, 1.165) is 37.3 Å². The van der Waals surface area contributed by atoms with Gasteiger partial charge in [0, 0.05) is 30.1 Å². The summed E-state index contributed by atoms with van der Waals surface area (Å²) in [6.07, 6.45) is 3.78. The number of carbonyl (C=O) groups is 1. The van der Waals surface area contributed by atoms with E-state index in [4.69, 9.17) is 4.74 Å². The van der Waals surface area contributed by atoms with Crippen molar-refractivity contribution in [1.29, 1.82) is 0 Å². The third-order valence-electron chi connectivity index (χ3n) is 4.32. The van der Waals surface area contributed by atoms with E-state index in [-0.39, 0.29) is 18.6 Å². The zero-order chi connectivity index (χ0) is 16.8. The van der Waals surface area contributed by atoms with Gasteiger partial charge in [0.05, 0.1) is 11.2 Å². The van der Waals surface area contributed by atoms with Crippen molar-refractivity contribution < 1.29 is 14.6 Å². The quantitative estimate of drug-likeness (QED) is 0.873. The number of benzene rings is 1. The lowest BCUT2D eigenvalue weighted by molar-refractivity contribution is 0.0574. The number of likely N-dealkylation sites (tertiary alicyclic amines) is 1. The highest BCUT2D eigenvalue weighted by Gasteiger charge is 2.26. The molecule has 1 unspecified atom stereocenters. The molecule has 6 heteroatoms. The Balaban J connectivity index is 1.62. The Labute approximate surface area is 145 Å². The molecule has 0 bridgehead atoms. The molecule has 1 aliphatic rings. The number of carbonyl (C=O) groups excluding carboxylic acids is 1. The molecule has 1 N–H and O–H groups in total. The monoisotopic (exact) mass is 346 g/mol. The molecule has 0 saturated carbocycles. The first kappa shape index (κ1) is 16.9. The van der Waals surface area contributed by atoms with Crippen LogP contribution in [0.3, 0.4) is 0 Å². The Morgan fingerprint density at radius 1 is 1.33 bits per heavy atom. The number of hydrogen-bond donors (Lipinski definition) is 1. The third-order valence-corrected chi connectivity index (χ3v) is 4.96. The molecule has 0 spiro atoms. The van der Waals surface area contributed by atoms with Crippen LogP contribution in [0.1, 0.15) is 41.7 Å². The van der Waals surface area contributed by atoms with E-state index in [2.05, 4.69) is 4.98 Å². The maximum absolute atomic E-state index is 12.7. The molecule has 3 rings (SSSR count). The van der Waals surface area contributed by atoms with Gasteiger partial charge in [0.15, 0.2) is 0 Å². The summed E-state index contributed by atoms with van der Waals surface area (Å²) in [7, 11) is 0. The van der Waals surface area contributed by atoms with Gasteiger partial charge in [0.25, 0.3) is 5.91 Å². The van der Waals surface area contributed by atoms with Crippen LogP contribution in [-0.4, -0.2) is 40.1 Å². The summed E-state index contributed by atoms with van der Waals surface area (Å²) in [5.41, 5.74) is 3.35. The van der Waals surface area contributed by atoms with Gasteiger partial charge in [-0.1, -0.05) is 0 Å². The van der Waals surface area contributed by atoms with Crippen LogP contribution < -0.4 is 4.74 Å². The number of thiazole rings is 1. The summed E-state index contributed by atoms with van der Waals surface area (Å²) in [6, 6.07) is 7.42. The van der Waals surface area contributed by atoms with Gasteiger partial charge in [-0.15, -0.1) is 11.3 Å². The lowest BCUT2D eigenvalue weighted by atomic mass is 9.98. The van der Waals surface area contributed by atoms with Gasteiger partial charge in [0.2, 0.25) is 0 Å². The number of piperidine rings is 1. The van der Waals surface area contributed by atoms with E-state index in [9.17, 15) is 9.90 Å². The molecule has 1 aromatic heterocycles. The highest BCUT2D eigenvalue weighted by molar-refractivity contribution is 7.07. The molecule has 2 aromatic rings. The minimum Gasteiger partial charge on any atom is -0.487 e. The summed E-state index contributed by atoms with van der Waals surface area (Å²) in [4.78, 5) is 18.8. The van der Waals surface area contributed by atoms with E-state index in [1.807, 2.05) is 34.5 Å². The van der Waals surface area contributed by atoms with Crippen LogP contribution in [0.15, 0.2) is 35.2 Å². The number of hydrogen-bond acceptors (Lipinski definition) is 5. The van der Waals surface area contributed by atoms with Crippen molar-refractivity contribution in [2.45, 2.75) is 38.3 Å². The molecule has 2 heterocycles. The van der Waals surface area contributed by atoms with Gasteiger partial charge in [-0.25, -0.2) is 4.98 Å². The SMILES string of the molecule is O=C(c1ccc(OCc2cscn2)cc1)N1CCCCC1CCO. The Kier molecular flexibility index (Phi) is 5.82. The largest absolute Gasteiger partial charge is 0.487 e. The summed E-state index contributed by atoms with van der Waals surface area (Å²) >= 11 is 1.54. The van der Waals surface area contributed by atoms with Gasteiger partial charge >= 0.3 is 0 Å². The second kappa shape index (κ2) is 8.26. The topological polar surface area (TPSA) is 62.7 Å². The molecule has 1 saturated heterocycles. The number of amides is 1. The summed E-state index contributed by atoms with van der Waals surface area (Å²) in [5, 5.41) is 11.2. The number of aliphatic hydroxyl groups is 1. The summed E-state index contributed by atoms with van der Waals surface area (Å²) in [5.74, 6) is 0.768. The molecule has 0 aliphatic carbocycles. The van der Waals surface area contributed by atoms with E-state index in [1.54, 1.807) is 16.8 Å². The Morgan fingerprint density at radius 2 is 2.17 bits per heavy atom. The second-order valence-corrected chi connectivity index (χ2v) is 6.67. The molecule has 1 atom stereocenters. The van der Waals surface area contributed by atoms with Crippen molar-refractivity contribution in [3.63, 3.8) is 0 Å². The minimum absolute atomic E-state index is 0.0409. The lowest BCUT2D eigenvalue weighted by Crippen LogP contribution is -2.44. The number of aliphatic hydroxyl groups excluding tert-OH is 1. The average Bonchev–Trinajstić information content (AvgIpc) is 3.14. The highest BCUT2D eigenvalue weighted by Crippen LogP contribution is 2.23. The van der Waals surface area contributed by atoms with Crippen LogP contribution >= 0.6 is 11.3 Å². The predicted octanol–water partition coefficient (Wildman–Crippen LogP) is 3.10. The first-order valence-corrected chi connectivity index (χ1v) is 9.24. The summed E-state index contributed by atoms with van der Waals surface area (Å²) in [6.45, 7) is 1.32. The predicted molar refractivity (Wildman–Crippen MR) is 93.3 cm³/mol. The van der Waals surface area contributed by atoms with Gasteiger partial charge in [-0.3, -0.25) is 4.79 Å². The lowest BCUT2D eigenvalue weighted by Gasteiger charge is -2.35. The van der Waals surface area contributed by atoms with Crippen LogP contribution in [-0.2, 0) is 6.61 Å². The van der Waals surface area contributed by atoms with Crippen molar-refractivity contribution >= 4 is 17.2 Å². The first-order valence-electron chi connectivity index (χ1n) is 8.29. The van der Waals surface area contributed by atoms with Gasteiger partial charge < -0.3 is 14.7 Å². The fraction of sp³-hybridized carbons (Fsp3) is 0.444. The fourth-order valence-electron chi connectivity index (χ4n) is 3.04. The van der Waals surface area contributed by atoms with Crippen LogP contribution in [0.4, 0.5) is 0 Å². The minimum atomic E-state index is 0.0409. The smallest absolute Gasteiger partial charge is 0.254 e. The fourth-order valence-corrected chi connectivity index (χ4v) is 3.59. The average molecular weight is 346 g/mol. The van der Waals surface area contributed by atoms with Crippen LogP contribution in [0.25, 0.3) is 0 Å². The Morgan fingerprint density at radius 3 is 2.88 bits per heavy atom. The van der Waals surface area contributed by atoms with Crippen molar-refractivity contribution in [1.82, 2.24) is 9.88 Å². The Hall–Kier alpha value is -1.92. The zero-order valence-corrected chi connectivity index (χ0v) is 14.4. The number of rotatable bonds is 6. The number of aromatic nitrogens is 1. The van der Waals surface area contributed by atoms with Crippen molar-refractivity contribution in [3.8, 4) is 5.75 Å². The zero-order valence-electron chi connectivity index (χ0n) is 13.6. The van der Waals surface area contributed by atoms with Crippen LogP contribution in [0.5, 0.6) is 5.75 Å². The Bertz CT molecular complexity index is 641. The van der Waals surface area contributed by atoms with Gasteiger partial charge in [0.1, 0.15) is 12.4 Å². The molecule has 1 aromatic carbocycles. The third kappa shape index (κ3) is 4.13. The first-order chi connectivity index (χ1) is 11.8. The molecule has 5 nitrogen and oxygen atoms in total. The van der Waals surface area contributed by atoms with E-state index < -0.39 is 0 Å². The maximum atomic E-state index is 12.7.